The first kappa shape index (κ1) is 26.4. The standard InChI is InChI=1S/C35H42S2/c1-15-21(7)33(36-25(15)11)27-17(3)19(5)29-30-20(6)18(4)28(34-22(8)16(2)26(12)37-34)24(10)32(30)35(13,14)31(29)23(27)9/h1-14H3. The van der Waals surface area contributed by atoms with E-state index in [0.717, 1.165) is 0 Å². The topological polar surface area (TPSA) is 0 Å². The van der Waals surface area contributed by atoms with Gasteiger partial charge in [-0.15, -0.1) is 22.7 Å². The molecule has 4 aromatic rings. The number of rotatable bonds is 2. The maximum Gasteiger partial charge on any atom is 0.0383 e. The molecule has 1 aliphatic rings. The number of fused-ring (bicyclic) bond motifs is 3. The van der Waals surface area contributed by atoms with Crippen LogP contribution in [0.2, 0.25) is 0 Å². The Kier molecular flexibility index (Phi) is 6.02. The highest BCUT2D eigenvalue weighted by Gasteiger charge is 2.43. The molecule has 194 valence electrons. The lowest BCUT2D eigenvalue weighted by atomic mass is 9.75. The van der Waals surface area contributed by atoms with E-state index < -0.39 is 0 Å². The SMILES string of the molecule is Cc1sc(-c2c(C)c(C)c3c(c2C)C(C)(C)c2c(C)c(-c4sc(C)c(C)c4C)c(C)c(C)c2-3)c(C)c1C. The first-order valence-corrected chi connectivity index (χ1v) is 15.2. The van der Waals surface area contributed by atoms with E-state index in [2.05, 4.69) is 96.9 Å². The largest absolute Gasteiger partial charge is 0.140 e. The highest BCUT2D eigenvalue weighted by molar-refractivity contribution is 7.16. The molecule has 0 unspecified atom stereocenters. The molecule has 0 amide bonds. The lowest BCUT2D eigenvalue weighted by Crippen LogP contribution is -2.19. The molecule has 2 heterocycles. The van der Waals surface area contributed by atoms with E-state index in [1.807, 2.05) is 22.7 Å². The summed E-state index contributed by atoms with van der Waals surface area (Å²) in [5.41, 5.74) is 23.5. The Balaban J connectivity index is 1.91. The normalized spacial score (nSPS) is 13.9. The van der Waals surface area contributed by atoms with E-state index in [9.17, 15) is 0 Å². The maximum atomic E-state index is 2.48. The van der Waals surface area contributed by atoms with Crippen molar-refractivity contribution in [1.82, 2.24) is 0 Å². The van der Waals surface area contributed by atoms with E-state index in [0.29, 0.717) is 0 Å². The van der Waals surface area contributed by atoms with Crippen LogP contribution in [0.25, 0.3) is 32.0 Å². The van der Waals surface area contributed by atoms with Crippen LogP contribution >= 0.6 is 22.7 Å². The second-order valence-corrected chi connectivity index (χ2v) is 14.5. The fraction of sp³-hybridized carbons (Fsp3) is 0.429. The van der Waals surface area contributed by atoms with Crippen molar-refractivity contribution in [1.29, 1.82) is 0 Å². The molecule has 1 aliphatic carbocycles. The van der Waals surface area contributed by atoms with Gasteiger partial charge in [-0.05, 0) is 172 Å². The van der Waals surface area contributed by atoms with Crippen molar-refractivity contribution >= 4 is 22.7 Å². The Hall–Kier alpha value is -2.16. The molecule has 0 nitrogen and oxygen atoms in total. The molecule has 0 aliphatic heterocycles. The Labute approximate surface area is 232 Å². The van der Waals surface area contributed by atoms with Crippen molar-refractivity contribution in [2.45, 2.75) is 102 Å². The van der Waals surface area contributed by atoms with Gasteiger partial charge in [-0.3, -0.25) is 0 Å². The van der Waals surface area contributed by atoms with Gasteiger partial charge >= 0.3 is 0 Å². The van der Waals surface area contributed by atoms with E-state index in [4.69, 9.17) is 0 Å². The highest BCUT2D eigenvalue weighted by Crippen LogP contribution is 2.59. The summed E-state index contributed by atoms with van der Waals surface area (Å²) in [6.45, 7) is 32.9. The summed E-state index contributed by atoms with van der Waals surface area (Å²) in [6, 6.07) is 0. The molecule has 2 aromatic carbocycles. The lowest BCUT2D eigenvalue weighted by molar-refractivity contribution is 0.650. The third kappa shape index (κ3) is 3.31. The van der Waals surface area contributed by atoms with Gasteiger partial charge in [0.05, 0.1) is 0 Å². The smallest absolute Gasteiger partial charge is 0.0383 e. The zero-order valence-corrected chi connectivity index (χ0v) is 26.9. The van der Waals surface area contributed by atoms with Gasteiger partial charge in [0.2, 0.25) is 0 Å². The van der Waals surface area contributed by atoms with Crippen LogP contribution in [0.5, 0.6) is 0 Å². The Morgan fingerprint density at radius 1 is 0.351 bits per heavy atom. The molecular formula is C35H42S2. The van der Waals surface area contributed by atoms with Gasteiger partial charge in [-0.2, -0.15) is 0 Å². The van der Waals surface area contributed by atoms with Crippen molar-refractivity contribution in [2.75, 3.05) is 0 Å². The summed E-state index contributed by atoms with van der Waals surface area (Å²) >= 11 is 3.95. The minimum absolute atomic E-state index is 0.0518. The number of thiophene rings is 2. The van der Waals surface area contributed by atoms with E-state index in [1.54, 1.807) is 11.1 Å². The van der Waals surface area contributed by atoms with Crippen LogP contribution in [0.15, 0.2) is 0 Å². The van der Waals surface area contributed by atoms with Gasteiger partial charge in [0, 0.05) is 24.9 Å². The average molecular weight is 527 g/mol. The average Bonchev–Trinajstić information content (AvgIpc) is 3.34. The third-order valence-corrected chi connectivity index (χ3v) is 12.6. The third-order valence-electron chi connectivity index (χ3n) is 9.95. The van der Waals surface area contributed by atoms with Crippen molar-refractivity contribution in [3.05, 3.63) is 76.5 Å². The predicted octanol–water partition coefficient (Wildman–Crippen LogP) is 11.2. The second-order valence-electron chi connectivity index (χ2n) is 12.1. The first-order valence-electron chi connectivity index (χ1n) is 13.6. The van der Waals surface area contributed by atoms with Gasteiger partial charge in [0.1, 0.15) is 0 Å². The van der Waals surface area contributed by atoms with Crippen LogP contribution in [-0.2, 0) is 5.41 Å². The van der Waals surface area contributed by atoms with E-state index >= 15 is 0 Å². The molecule has 5 rings (SSSR count). The van der Waals surface area contributed by atoms with Crippen molar-refractivity contribution in [2.24, 2.45) is 0 Å². The fourth-order valence-electron chi connectivity index (χ4n) is 7.26. The van der Waals surface area contributed by atoms with Gasteiger partial charge in [0.15, 0.2) is 0 Å². The van der Waals surface area contributed by atoms with Crippen molar-refractivity contribution in [3.8, 4) is 32.0 Å². The Morgan fingerprint density at radius 3 is 0.919 bits per heavy atom. The molecule has 0 saturated carbocycles. The monoisotopic (exact) mass is 526 g/mol. The Morgan fingerprint density at radius 2 is 0.649 bits per heavy atom. The molecule has 0 bridgehead atoms. The number of hydrogen-bond donors (Lipinski definition) is 0. The molecule has 2 heteroatoms. The van der Waals surface area contributed by atoms with Crippen LogP contribution in [0.4, 0.5) is 0 Å². The highest BCUT2D eigenvalue weighted by atomic mass is 32.1. The maximum absolute atomic E-state index is 2.48. The summed E-state index contributed by atoms with van der Waals surface area (Å²) in [4.78, 5) is 5.81. The summed E-state index contributed by atoms with van der Waals surface area (Å²) in [5, 5.41) is 0. The quantitative estimate of drug-likeness (QED) is 0.244. The van der Waals surface area contributed by atoms with Crippen molar-refractivity contribution in [3.63, 3.8) is 0 Å². The predicted molar refractivity (Wildman–Crippen MR) is 167 cm³/mol. The summed E-state index contributed by atoms with van der Waals surface area (Å²) in [5.74, 6) is 0. The molecular weight excluding hydrogens is 485 g/mol. The summed E-state index contributed by atoms with van der Waals surface area (Å²) in [7, 11) is 0. The molecule has 2 aromatic heterocycles. The van der Waals surface area contributed by atoms with E-state index in [1.165, 1.54) is 97.4 Å². The van der Waals surface area contributed by atoms with Gasteiger partial charge < -0.3 is 0 Å². The minimum Gasteiger partial charge on any atom is -0.140 e. The fourth-order valence-corrected chi connectivity index (χ4v) is 9.92. The van der Waals surface area contributed by atoms with Gasteiger partial charge in [-0.25, -0.2) is 0 Å². The van der Waals surface area contributed by atoms with Crippen LogP contribution < -0.4 is 0 Å². The van der Waals surface area contributed by atoms with Crippen LogP contribution in [0.1, 0.15) is 90.4 Å². The number of hydrogen-bond acceptors (Lipinski definition) is 2. The van der Waals surface area contributed by atoms with Crippen LogP contribution in [-0.4, -0.2) is 0 Å². The molecule has 37 heavy (non-hydrogen) atoms. The van der Waals surface area contributed by atoms with Gasteiger partial charge in [0.25, 0.3) is 0 Å². The molecule has 0 fully saturated rings. The lowest BCUT2D eigenvalue weighted by Gasteiger charge is -2.29. The molecule has 0 saturated heterocycles. The number of aryl methyl sites for hydroxylation is 2. The van der Waals surface area contributed by atoms with E-state index in [-0.39, 0.29) is 5.41 Å². The molecule has 0 atom stereocenters. The Bertz CT molecular complexity index is 1520. The zero-order chi connectivity index (χ0) is 27.5. The summed E-state index contributed by atoms with van der Waals surface area (Å²) < 4.78 is 0. The zero-order valence-electron chi connectivity index (χ0n) is 25.3. The molecule has 0 N–H and O–H groups in total. The molecule has 0 spiro atoms. The van der Waals surface area contributed by atoms with Crippen LogP contribution in [0, 0.1) is 83.1 Å². The number of benzene rings is 2. The van der Waals surface area contributed by atoms with Crippen LogP contribution in [0.3, 0.4) is 0 Å². The molecule has 0 radical (unpaired) electrons. The minimum atomic E-state index is -0.0518. The summed E-state index contributed by atoms with van der Waals surface area (Å²) in [6.07, 6.45) is 0. The first-order chi connectivity index (χ1) is 17.1. The van der Waals surface area contributed by atoms with Gasteiger partial charge in [-0.1, -0.05) is 13.8 Å². The van der Waals surface area contributed by atoms with Crippen molar-refractivity contribution < 1.29 is 0 Å². The second kappa shape index (κ2) is 8.42.